The van der Waals surface area contributed by atoms with Crippen LogP contribution in [0.15, 0.2) is 97.1 Å². The number of aryl methyl sites for hydroxylation is 1. The van der Waals surface area contributed by atoms with Gasteiger partial charge in [-0.1, -0.05) is 126 Å². The molecular weight excluding hydrogens is 792 g/mol. The van der Waals surface area contributed by atoms with Gasteiger partial charge in [-0.05, 0) is 181 Å². The van der Waals surface area contributed by atoms with E-state index in [1.54, 1.807) is 0 Å². The van der Waals surface area contributed by atoms with Crippen LogP contribution in [-0.2, 0) is 32.5 Å². The van der Waals surface area contributed by atoms with E-state index in [1.165, 1.54) is 135 Å². The van der Waals surface area contributed by atoms with Crippen molar-refractivity contribution in [2.45, 2.75) is 155 Å². The molecule has 0 atom stereocenters. The van der Waals surface area contributed by atoms with Crippen LogP contribution < -0.4 is 26.2 Å². The summed E-state index contributed by atoms with van der Waals surface area (Å²) in [7, 11) is 0. The monoisotopic (exact) mass is 856 g/mol. The number of thiophene rings is 1. The highest BCUT2D eigenvalue weighted by atomic mass is 32.1. The highest BCUT2D eigenvalue weighted by Gasteiger charge is 2.50. The topological polar surface area (TPSA) is 6.48 Å². The Labute approximate surface area is 387 Å². The average molecular weight is 857 g/mol. The molecule has 0 spiro atoms. The number of hydrogen-bond acceptors (Lipinski definition) is 3. The van der Waals surface area contributed by atoms with Crippen molar-refractivity contribution in [1.82, 2.24) is 0 Å². The molecule has 0 saturated heterocycles. The molecule has 0 radical (unpaired) electrons. The zero-order valence-electron chi connectivity index (χ0n) is 40.7. The zero-order valence-corrected chi connectivity index (χ0v) is 41.5. The van der Waals surface area contributed by atoms with Gasteiger partial charge in [-0.15, -0.1) is 11.3 Å². The number of hydrogen-bond donors (Lipinski definition) is 0. The minimum atomic E-state index is 0.0672. The van der Waals surface area contributed by atoms with E-state index in [0.717, 1.165) is 6.42 Å². The summed E-state index contributed by atoms with van der Waals surface area (Å²) in [6.45, 7) is 32.2. The SMILES string of the molecule is Cc1cc2c3c(c1)N(c1ccc4c(c1)sc1ccccc14)c1cc4c(cc1B3c1cc3c(cc1N2c1ccc2c(c1)C(C)(C)CCC2(C)C)C(C)(C)CCC3(C)C)C(C)(C)CC4(C)C. The number of rotatable bonds is 2. The van der Waals surface area contributed by atoms with Crippen LogP contribution in [0.2, 0.25) is 0 Å². The Morgan fingerprint density at radius 3 is 1.47 bits per heavy atom. The van der Waals surface area contributed by atoms with Crippen LogP contribution >= 0.6 is 11.3 Å². The van der Waals surface area contributed by atoms with Crippen molar-refractivity contribution in [3.8, 4) is 0 Å². The molecule has 0 N–H and O–H groups in total. The lowest BCUT2D eigenvalue weighted by Crippen LogP contribution is -2.62. The average Bonchev–Trinajstić information content (AvgIpc) is 3.69. The van der Waals surface area contributed by atoms with E-state index in [0.29, 0.717) is 0 Å². The molecule has 1 aromatic heterocycles. The molecule has 4 heteroatoms. The predicted molar refractivity (Wildman–Crippen MR) is 279 cm³/mol. The first-order valence-electron chi connectivity index (χ1n) is 24.3. The zero-order chi connectivity index (χ0) is 44.8. The Hall–Kier alpha value is -4.80. The van der Waals surface area contributed by atoms with Crippen LogP contribution in [0.1, 0.15) is 154 Å². The van der Waals surface area contributed by atoms with E-state index in [9.17, 15) is 0 Å². The van der Waals surface area contributed by atoms with Crippen molar-refractivity contribution in [2.75, 3.05) is 9.80 Å². The first-order chi connectivity index (χ1) is 30.1. The Bertz CT molecular complexity index is 3190. The molecule has 64 heavy (non-hydrogen) atoms. The maximum Gasteiger partial charge on any atom is 0.252 e. The molecular formula is C60H65BN2S. The van der Waals surface area contributed by atoms with Crippen molar-refractivity contribution >= 4 is 88.7 Å². The molecule has 0 unspecified atom stereocenters. The first kappa shape index (κ1) is 40.7. The quantitative estimate of drug-likeness (QED) is 0.160. The van der Waals surface area contributed by atoms with Gasteiger partial charge >= 0.3 is 0 Å². The standard InChI is InChI=1S/C60H65BN2S/c1-35-26-50-54-51(27-35)63(37-18-20-39-38-16-14-15-17-52(38)64-53(39)29-37)49-33-45-43(59(10,11)34-60(45,12)13)31-47(49)61(54)46-30-42-44(58(8,9)25-24-57(42,6)7)32-48(46)62(50)36-19-21-40-41(28-36)56(4,5)23-22-55(40,2)3/h14-21,26-33H,22-25,34H2,1-13H3. The molecule has 3 aliphatic carbocycles. The third-order valence-corrected chi connectivity index (χ3v) is 18.5. The molecule has 3 heterocycles. The summed E-state index contributed by atoms with van der Waals surface area (Å²) in [5.74, 6) is 0. The molecule has 0 saturated carbocycles. The lowest BCUT2D eigenvalue weighted by atomic mass is 9.33. The van der Waals surface area contributed by atoms with Crippen LogP contribution in [0.3, 0.4) is 0 Å². The molecule has 6 aromatic carbocycles. The fourth-order valence-corrected chi connectivity index (χ4v) is 14.9. The second-order valence-electron chi connectivity index (χ2n) is 24.7. The fourth-order valence-electron chi connectivity index (χ4n) is 13.8. The molecule has 324 valence electrons. The van der Waals surface area contributed by atoms with Gasteiger partial charge in [0.05, 0.1) is 0 Å². The third kappa shape index (κ3) is 5.56. The van der Waals surface area contributed by atoms with Gasteiger partial charge in [0.15, 0.2) is 0 Å². The molecule has 2 nitrogen and oxygen atoms in total. The van der Waals surface area contributed by atoms with Crippen molar-refractivity contribution in [2.24, 2.45) is 0 Å². The van der Waals surface area contributed by atoms with E-state index in [-0.39, 0.29) is 39.2 Å². The summed E-state index contributed by atoms with van der Waals surface area (Å²) < 4.78 is 2.69. The largest absolute Gasteiger partial charge is 0.311 e. The second-order valence-corrected chi connectivity index (χ2v) is 25.8. The van der Waals surface area contributed by atoms with Crippen LogP contribution in [0.25, 0.3) is 20.2 Å². The van der Waals surface area contributed by atoms with E-state index in [4.69, 9.17) is 0 Å². The number of nitrogens with zero attached hydrogens (tertiary/aromatic N) is 2. The van der Waals surface area contributed by atoms with E-state index >= 15 is 0 Å². The summed E-state index contributed by atoms with van der Waals surface area (Å²) in [6, 6.07) is 39.5. The van der Waals surface area contributed by atoms with Crippen molar-refractivity contribution in [3.63, 3.8) is 0 Å². The molecule has 5 aliphatic rings. The Morgan fingerprint density at radius 1 is 0.422 bits per heavy atom. The van der Waals surface area contributed by atoms with Gasteiger partial charge in [0.1, 0.15) is 0 Å². The Kier molecular flexibility index (Phi) is 8.11. The van der Waals surface area contributed by atoms with Crippen molar-refractivity contribution in [1.29, 1.82) is 0 Å². The van der Waals surface area contributed by atoms with Gasteiger partial charge in [0.2, 0.25) is 0 Å². The van der Waals surface area contributed by atoms with E-state index in [2.05, 4.69) is 197 Å². The summed E-state index contributed by atoms with van der Waals surface area (Å²) >= 11 is 1.92. The number of benzene rings is 6. The highest BCUT2D eigenvalue weighted by molar-refractivity contribution is 7.25. The van der Waals surface area contributed by atoms with Gasteiger partial charge in [-0.2, -0.15) is 0 Å². The minimum Gasteiger partial charge on any atom is -0.311 e. The fraction of sp³-hybridized carbons (Fsp3) is 0.400. The highest BCUT2D eigenvalue weighted by Crippen LogP contribution is 2.55. The van der Waals surface area contributed by atoms with E-state index in [1.807, 2.05) is 11.3 Å². The predicted octanol–water partition coefficient (Wildman–Crippen LogP) is 15.1. The summed E-state index contributed by atoms with van der Waals surface area (Å²) in [6.07, 6.45) is 5.93. The maximum absolute atomic E-state index is 2.71. The van der Waals surface area contributed by atoms with Gasteiger partial charge < -0.3 is 9.80 Å². The molecule has 7 aromatic rings. The molecule has 12 rings (SSSR count). The van der Waals surface area contributed by atoms with Gasteiger partial charge in [-0.25, -0.2) is 0 Å². The summed E-state index contributed by atoms with van der Waals surface area (Å²) in [5.41, 5.74) is 23.1. The number of fused-ring (bicyclic) bond motifs is 10. The van der Waals surface area contributed by atoms with Crippen LogP contribution in [0.4, 0.5) is 34.1 Å². The van der Waals surface area contributed by atoms with Gasteiger partial charge in [0.25, 0.3) is 6.71 Å². The molecule has 0 fully saturated rings. The third-order valence-electron chi connectivity index (χ3n) is 17.4. The molecule has 0 bridgehead atoms. The normalized spacial score (nSPS) is 20.9. The van der Waals surface area contributed by atoms with Crippen LogP contribution in [-0.4, -0.2) is 6.71 Å². The lowest BCUT2D eigenvalue weighted by Gasteiger charge is -2.48. The van der Waals surface area contributed by atoms with Gasteiger partial charge in [-0.3, -0.25) is 0 Å². The second kappa shape index (κ2) is 12.8. The summed E-state index contributed by atoms with van der Waals surface area (Å²) in [4.78, 5) is 5.39. The molecule has 0 amide bonds. The van der Waals surface area contributed by atoms with Gasteiger partial charge in [0, 0.05) is 54.3 Å². The Balaban J connectivity index is 1.20. The minimum absolute atomic E-state index is 0.0672. The smallest absolute Gasteiger partial charge is 0.252 e. The lowest BCUT2D eigenvalue weighted by molar-refractivity contribution is 0.332. The molecule has 2 aliphatic heterocycles. The van der Waals surface area contributed by atoms with E-state index < -0.39 is 0 Å². The Morgan fingerprint density at radius 2 is 0.875 bits per heavy atom. The van der Waals surface area contributed by atoms with Crippen LogP contribution in [0.5, 0.6) is 0 Å². The summed E-state index contributed by atoms with van der Waals surface area (Å²) in [5, 5.41) is 2.69. The number of anilines is 6. The first-order valence-corrected chi connectivity index (χ1v) is 25.1. The van der Waals surface area contributed by atoms with Crippen LogP contribution in [0, 0.1) is 6.92 Å². The maximum atomic E-state index is 2.71. The van der Waals surface area contributed by atoms with Crippen molar-refractivity contribution < 1.29 is 0 Å². The van der Waals surface area contributed by atoms with Crippen molar-refractivity contribution in [3.05, 3.63) is 136 Å².